The van der Waals surface area contributed by atoms with Gasteiger partial charge in [0.2, 0.25) is 0 Å². The minimum atomic E-state index is -1.12. The molecular weight excluding hydrogens is 436 g/mol. The Morgan fingerprint density at radius 3 is 2.74 bits per heavy atom. The number of hydrogen-bond donors (Lipinski definition) is 1. The number of carbonyl (C=O) groups excluding carboxylic acids is 1. The molecule has 1 amide bonds. The lowest BCUT2D eigenvalue weighted by atomic mass is 10.1. The number of aliphatic carboxylic acids is 1. The van der Waals surface area contributed by atoms with Crippen LogP contribution in [-0.4, -0.2) is 28.7 Å². The van der Waals surface area contributed by atoms with Gasteiger partial charge >= 0.3 is 5.97 Å². The maximum Gasteiger partial charge on any atom is 0.331 e. The molecule has 1 aliphatic rings. The number of rotatable bonds is 7. The first-order valence-electron chi connectivity index (χ1n) is 9.60. The van der Waals surface area contributed by atoms with Crippen LogP contribution in [0.4, 0.5) is 5.69 Å². The Bertz CT molecular complexity index is 1090. The summed E-state index contributed by atoms with van der Waals surface area (Å²) < 4.78 is 5.23. The summed E-state index contributed by atoms with van der Waals surface area (Å²) in [4.78, 5) is 30.6. The second kappa shape index (κ2) is 10.3. The molecule has 3 rings (SSSR count). The highest BCUT2D eigenvalue weighted by molar-refractivity contribution is 8.19. The van der Waals surface area contributed by atoms with E-state index < -0.39 is 5.97 Å². The minimum absolute atomic E-state index is 0.144. The Labute approximate surface area is 189 Å². The maximum atomic E-state index is 13.2. The third-order valence-corrected chi connectivity index (χ3v) is 5.59. The quantitative estimate of drug-likeness (QED) is 0.438. The van der Waals surface area contributed by atoms with Crippen LogP contribution in [0.15, 0.2) is 64.7 Å². The number of amidine groups is 1. The summed E-state index contributed by atoms with van der Waals surface area (Å²) in [7, 11) is 0. The van der Waals surface area contributed by atoms with Gasteiger partial charge in [-0.15, -0.1) is 0 Å². The van der Waals surface area contributed by atoms with E-state index in [9.17, 15) is 9.59 Å². The number of nitrogens with zero attached hydrogens (tertiary/aromatic N) is 2. The molecule has 0 atom stereocenters. The molecule has 0 spiro atoms. The highest BCUT2D eigenvalue weighted by Crippen LogP contribution is 2.38. The SMILES string of the molecule is CCC/N=C1/S/C(=C/c2ccc(O/C=C/C(=O)O)c(Cl)c2)C(=O)N1c1ccccc1C. The van der Waals surface area contributed by atoms with E-state index in [1.807, 2.05) is 38.1 Å². The van der Waals surface area contributed by atoms with Crippen molar-refractivity contribution in [2.45, 2.75) is 20.3 Å². The molecule has 6 nitrogen and oxygen atoms in total. The number of ether oxygens (including phenoxy) is 1. The lowest BCUT2D eigenvalue weighted by Gasteiger charge is -2.17. The Balaban J connectivity index is 1.90. The summed E-state index contributed by atoms with van der Waals surface area (Å²) in [5.41, 5.74) is 2.52. The van der Waals surface area contributed by atoms with Crippen LogP contribution in [0.1, 0.15) is 24.5 Å². The summed E-state index contributed by atoms with van der Waals surface area (Å²) in [6.45, 7) is 4.63. The molecule has 1 heterocycles. The molecule has 0 bridgehead atoms. The molecule has 31 heavy (non-hydrogen) atoms. The highest BCUT2D eigenvalue weighted by Gasteiger charge is 2.35. The van der Waals surface area contributed by atoms with E-state index in [0.717, 1.165) is 35.6 Å². The first kappa shape index (κ1) is 22.7. The Morgan fingerprint density at radius 2 is 2.06 bits per heavy atom. The van der Waals surface area contributed by atoms with Crippen LogP contribution in [0.5, 0.6) is 5.75 Å². The first-order valence-corrected chi connectivity index (χ1v) is 10.8. The number of anilines is 1. The number of carbonyl (C=O) groups is 2. The number of aryl methyl sites for hydroxylation is 1. The molecule has 1 fully saturated rings. The monoisotopic (exact) mass is 456 g/mol. The van der Waals surface area contributed by atoms with Gasteiger partial charge < -0.3 is 9.84 Å². The number of carboxylic acids is 1. The summed E-state index contributed by atoms with van der Waals surface area (Å²) in [5.74, 6) is -0.943. The number of para-hydroxylation sites is 1. The zero-order valence-electron chi connectivity index (χ0n) is 17.0. The van der Waals surface area contributed by atoms with E-state index in [-0.39, 0.29) is 5.91 Å². The number of thioether (sulfide) groups is 1. The van der Waals surface area contributed by atoms with Crippen LogP contribution < -0.4 is 9.64 Å². The number of halogens is 1. The van der Waals surface area contributed by atoms with Gasteiger partial charge in [0.1, 0.15) is 5.75 Å². The zero-order chi connectivity index (χ0) is 22.4. The molecule has 0 radical (unpaired) electrons. The van der Waals surface area contributed by atoms with Gasteiger partial charge in [0, 0.05) is 6.54 Å². The standard InChI is InChI=1S/C23H21ClN2O4S/c1-3-11-25-23-26(18-7-5-4-6-15(18)2)22(29)20(31-23)14-16-8-9-19(17(24)13-16)30-12-10-21(27)28/h4-10,12-14H,3,11H2,1-2H3,(H,27,28)/b12-10+,20-14+,25-23+. The van der Waals surface area contributed by atoms with Crippen molar-refractivity contribution in [2.24, 2.45) is 4.99 Å². The van der Waals surface area contributed by atoms with Crippen molar-refractivity contribution in [1.82, 2.24) is 0 Å². The summed E-state index contributed by atoms with van der Waals surface area (Å²) in [6, 6.07) is 12.7. The van der Waals surface area contributed by atoms with E-state index in [2.05, 4.69) is 4.99 Å². The van der Waals surface area contributed by atoms with E-state index in [0.29, 0.717) is 27.4 Å². The van der Waals surface area contributed by atoms with Gasteiger partial charge in [0.05, 0.1) is 28.0 Å². The Hall–Kier alpha value is -3.03. The third-order valence-electron chi connectivity index (χ3n) is 4.29. The normalized spacial score (nSPS) is 16.6. The molecule has 0 saturated carbocycles. The molecule has 160 valence electrons. The maximum absolute atomic E-state index is 13.2. The molecule has 1 N–H and O–H groups in total. The topological polar surface area (TPSA) is 79.2 Å². The van der Waals surface area contributed by atoms with E-state index in [1.165, 1.54) is 11.8 Å². The molecular formula is C23H21ClN2O4S. The minimum Gasteiger partial charge on any atom is -0.478 e. The lowest BCUT2D eigenvalue weighted by Crippen LogP contribution is -2.29. The fourth-order valence-electron chi connectivity index (χ4n) is 2.83. The number of carboxylic acid groups (broad SMARTS) is 1. The van der Waals surface area contributed by atoms with Crippen molar-refractivity contribution in [2.75, 3.05) is 11.4 Å². The van der Waals surface area contributed by atoms with Crippen LogP contribution in [-0.2, 0) is 9.59 Å². The van der Waals surface area contributed by atoms with Crippen molar-refractivity contribution in [3.05, 3.63) is 75.9 Å². The second-order valence-electron chi connectivity index (χ2n) is 6.65. The predicted octanol–water partition coefficient (Wildman–Crippen LogP) is 5.51. The molecule has 2 aromatic carbocycles. The van der Waals surface area contributed by atoms with E-state index in [4.69, 9.17) is 21.4 Å². The van der Waals surface area contributed by atoms with Crippen LogP contribution in [0, 0.1) is 6.92 Å². The first-order chi connectivity index (χ1) is 14.9. The summed E-state index contributed by atoms with van der Waals surface area (Å²) >= 11 is 7.58. The largest absolute Gasteiger partial charge is 0.478 e. The lowest BCUT2D eigenvalue weighted by molar-refractivity contribution is -0.131. The third kappa shape index (κ3) is 5.57. The van der Waals surface area contributed by atoms with Gasteiger partial charge in [0.15, 0.2) is 5.17 Å². The van der Waals surface area contributed by atoms with Gasteiger partial charge in [-0.3, -0.25) is 14.7 Å². The number of aliphatic imine (C=N–C) groups is 1. The molecule has 2 aromatic rings. The second-order valence-corrected chi connectivity index (χ2v) is 8.07. The van der Waals surface area contributed by atoms with E-state index in [1.54, 1.807) is 29.2 Å². The molecule has 1 aliphatic heterocycles. The van der Waals surface area contributed by atoms with Crippen LogP contribution in [0.3, 0.4) is 0 Å². The zero-order valence-corrected chi connectivity index (χ0v) is 18.6. The van der Waals surface area contributed by atoms with Gasteiger partial charge in [-0.25, -0.2) is 4.79 Å². The van der Waals surface area contributed by atoms with Crippen LogP contribution >= 0.6 is 23.4 Å². The predicted molar refractivity (Wildman–Crippen MR) is 126 cm³/mol. The van der Waals surface area contributed by atoms with Gasteiger partial charge in [0.25, 0.3) is 5.91 Å². The molecule has 0 aromatic heterocycles. The van der Waals surface area contributed by atoms with Gasteiger partial charge in [-0.1, -0.05) is 42.8 Å². The number of amides is 1. The van der Waals surface area contributed by atoms with Crippen LogP contribution in [0.25, 0.3) is 6.08 Å². The molecule has 0 aliphatic carbocycles. The van der Waals surface area contributed by atoms with Crippen LogP contribution in [0.2, 0.25) is 5.02 Å². The Kier molecular flexibility index (Phi) is 7.55. The summed E-state index contributed by atoms with van der Waals surface area (Å²) in [6.07, 6.45) is 4.56. The Morgan fingerprint density at radius 1 is 1.29 bits per heavy atom. The molecule has 1 saturated heterocycles. The summed E-state index contributed by atoms with van der Waals surface area (Å²) in [5, 5.41) is 9.58. The fraction of sp³-hybridized carbons (Fsp3) is 0.174. The van der Waals surface area contributed by atoms with Crippen molar-refractivity contribution in [1.29, 1.82) is 0 Å². The van der Waals surface area contributed by atoms with Gasteiger partial charge in [-0.2, -0.15) is 0 Å². The highest BCUT2D eigenvalue weighted by atomic mass is 35.5. The van der Waals surface area contributed by atoms with E-state index >= 15 is 0 Å². The van der Waals surface area contributed by atoms with Crippen molar-refractivity contribution in [3.8, 4) is 5.75 Å². The molecule has 8 heteroatoms. The average Bonchev–Trinajstić information content (AvgIpc) is 3.03. The van der Waals surface area contributed by atoms with Crippen molar-refractivity contribution < 1.29 is 19.4 Å². The smallest absolute Gasteiger partial charge is 0.331 e. The number of hydrogen-bond acceptors (Lipinski definition) is 5. The molecule has 0 unspecified atom stereocenters. The fourth-order valence-corrected chi connectivity index (χ4v) is 4.06. The average molecular weight is 457 g/mol. The number of benzene rings is 2. The van der Waals surface area contributed by atoms with Crippen molar-refractivity contribution >= 4 is 52.2 Å². The van der Waals surface area contributed by atoms with Crippen molar-refractivity contribution in [3.63, 3.8) is 0 Å². The van der Waals surface area contributed by atoms with Gasteiger partial charge in [-0.05, 0) is 60.5 Å².